The number of likely N-dealkylation sites (tertiary alicyclic amines) is 1. The molecule has 6 atom stereocenters. The fourth-order valence-corrected chi connectivity index (χ4v) is 8.98. The number of benzene rings is 2. The number of urea groups is 1. The summed E-state index contributed by atoms with van der Waals surface area (Å²) in [5, 5.41) is 13.0. The quantitative estimate of drug-likeness (QED) is 0.0725. The van der Waals surface area contributed by atoms with Crippen LogP contribution in [0.3, 0.4) is 0 Å². The zero-order valence-corrected chi connectivity index (χ0v) is 34.5. The first kappa shape index (κ1) is 41.7. The number of aromatic nitrogens is 1. The second kappa shape index (κ2) is 17.0. The van der Waals surface area contributed by atoms with Gasteiger partial charge in [-0.15, -0.1) is 0 Å². The minimum atomic E-state index is -0.780. The zero-order chi connectivity index (χ0) is 42.1. The summed E-state index contributed by atoms with van der Waals surface area (Å²) in [7, 11) is 0. The number of anilines is 2. The summed E-state index contributed by atoms with van der Waals surface area (Å²) in [6.45, 7) is 12.5. The van der Waals surface area contributed by atoms with E-state index in [1.807, 2.05) is 45.0 Å². The van der Waals surface area contributed by atoms with Crippen molar-refractivity contribution in [3.8, 4) is 0 Å². The molecule has 2 saturated heterocycles. The van der Waals surface area contributed by atoms with E-state index in [9.17, 15) is 28.8 Å². The first-order valence-electron chi connectivity index (χ1n) is 20.6. The Hall–Kier alpha value is -5.47. The molecule has 0 radical (unpaired) electrons. The van der Waals surface area contributed by atoms with Gasteiger partial charge in [0, 0.05) is 48.7 Å². The number of nitrogens with one attached hydrogen (secondary N) is 4. The number of carbonyl (C=O) groups excluding carboxylic acids is 6. The zero-order valence-electron chi connectivity index (χ0n) is 34.5. The third kappa shape index (κ3) is 8.79. The van der Waals surface area contributed by atoms with Crippen LogP contribution in [0, 0.1) is 34.5 Å². The molecule has 2 aromatic carbocycles. The highest BCUT2D eigenvalue weighted by Crippen LogP contribution is 2.53. The summed E-state index contributed by atoms with van der Waals surface area (Å²) in [6.07, 6.45) is 8.94. The average Bonchev–Trinajstić information content (AvgIpc) is 4.01. The predicted molar refractivity (Wildman–Crippen MR) is 223 cm³/mol. The fraction of sp³-hybridized carbons (Fsp3) is 0.489. The molecule has 1 aromatic heterocycles. The Balaban J connectivity index is 0.865. The molecular weight excluding hydrogens is 751 g/mol. The average molecular weight is 806 g/mol. The van der Waals surface area contributed by atoms with Crippen molar-refractivity contribution in [2.24, 2.45) is 34.5 Å². The maximum absolute atomic E-state index is 13.4. The summed E-state index contributed by atoms with van der Waals surface area (Å²) in [6, 6.07) is 12.5. The molecule has 312 valence electrons. The number of ether oxygens (including phenoxy) is 1. The number of pyridine rings is 1. The predicted octanol–water partition coefficient (Wildman–Crippen LogP) is 4.83. The minimum Gasteiger partial charge on any atom is -0.379 e. The Kier molecular flexibility index (Phi) is 12.0. The summed E-state index contributed by atoms with van der Waals surface area (Å²) >= 11 is 0. The Bertz CT molecular complexity index is 2120. The van der Waals surface area contributed by atoms with E-state index in [0.717, 1.165) is 30.1 Å². The fourth-order valence-electron chi connectivity index (χ4n) is 8.98. The van der Waals surface area contributed by atoms with Crippen molar-refractivity contribution in [3.63, 3.8) is 0 Å². The van der Waals surface area contributed by atoms with E-state index in [0.29, 0.717) is 55.1 Å². The normalized spacial score (nSPS) is 22.8. The summed E-state index contributed by atoms with van der Waals surface area (Å²) in [5.74, 6) is -1.19. The summed E-state index contributed by atoms with van der Waals surface area (Å²) < 4.78 is 5.93. The van der Waals surface area contributed by atoms with Crippen LogP contribution in [0.4, 0.5) is 16.2 Å². The molecule has 3 aromatic rings. The lowest BCUT2D eigenvalue weighted by molar-refractivity contribution is -0.138. The molecule has 2 aliphatic carbocycles. The number of para-hydroxylation sites is 1. The van der Waals surface area contributed by atoms with Gasteiger partial charge < -0.3 is 35.7 Å². The minimum absolute atomic E-state index is 0.131. The van der Waals surface area contributed by atoms with Gasteiger partial charge in [-0.05, 0) is 78.5 Å². The third-order valence-corrected chi connectivity index (χ3v) is 12.0. The van der Waals surface area contributed by atoms with Gasteiger partial charge in [-0.25, -0.2) is 4.79 Å². The van der Waals surface area contributed by atoms with Crippen molar-refractivity contribution in [1.29, 1.82) is 0 Å². The van der Waals surface area contributed by atoms with Gasteiger partial charge in [-0.2, -0.15) is 0 Å². The Morgan fingerprint density at radius 3 is 2.36 bits per heavy atom. The second-order valence-electron chi connectivity index (χ2n) is 18.1. The molecule has 3 fully saturated rings. The number of hydrogen-bond acceptors (Lipinski definition) is 9. The Morgan fingerprint density at radius 1 is 0.966 bits per heavy atom. The molecular formula is C45H55N7O7. The van der Waals surface area contributed by atoms with E-state index in [1.165, 1.54) is 4.90 Å². The van der Waals surface area contributed by atoms with Crippen molar-refractivity contribution in [2.45, 2.75) is 72.5 Å². The van der Waals surface area contributed by atoms with Crippen LogP contribution in [-0.4, -0.2) is 90.8 Å². The van der Waals surface area contributed by atoms with Crippen molar-refractivity contribution in [1.82, 2.24) is 25.8 Å². The third-order valence-electron chi connectivity index (χ3n) is 12.0. The van der Waals surface area contributed by atoms with Crippen LogP contribution >= 0.6 is 0 Å². The lowest BCUT2D eigenvalue weighted by Crippen LogP contribution is -2.57. The maximum atomic E-state index is 13.4. The molecule has 3 heterocycles. The summed E-state index contributed by atoms with van der Waals surface area (Å²) in [4.78, 5) is 84.9. The molecule has 2 bridgehead atoms. The van der Waals surface area contributed by atoms with Gasteiger partial charge in [0.05, 0.1) is 48.0 Å². The monoisotopic (exact) mass is 805 g/mol. The van der Waals surface area contributed by atoms with Gasteiger partial charge in [0.2, 0.25) is 17.7 Å². The number of amides is 6. The number of carbonyl (C=O) groups is 6. The van der Waals surface area contributed by atoms with Gasteiger partial charge in [0.15, 0.2) is 0 Å². The highest BCUT2D eigenvalue weighted by Gasteiger charge is 2.59. The van der Waals surface area contributed by atoms with Crippen molar-refractivity contribution in [2.75, 3.05) is 43.1 Å². The van der Waals surface area contributed by atoms with Gasteiger partial charge in [0.1, 0.15) is 12.3 Å². The van der Waals surface area contributed by atoms with Crippen molar-refractivity contribution < 1.29 is 33.5 Å². The topological polar surface area (TPSA) is 179 Å². The Labute approximate surface area is 344 Å². The Morgan fingerprint density at radius 2 is 1.68 bits per heavy atom. The number of rotatable bonds is 15. The number of nitrogens with zero attached hydrogens (tertiary/aromatic N) is 3. The molecule has 7 rings (SSSR count). The van der Waals surface area contributed by atoms with Crippen LogP contribution < -0.4 is 26.2 Å². The van der Waals surface area contributed by atoms with Crippen LogP contribution in [-0.2, 0) is 30.5 Å². The van der Waals surface area contributed by atoms with Gasteiger partial charge in [-0.3, -0.25) is 29.1 Å². The van der Waals surface area contributed by atoms with E-state index in [1.54, 1.807) is 35.4 Å². The van der Waals surface area contributed by atoms with Crippen LogP contribution in [0.15, 0.2) is 66.9 Å². The molecule has 6 amide bonds. The molecule has 14 heteroatoms. The van der Waals surface area contributed by atoms with Crippen LogP contribution in [0.5, 0.6) is 0 Å². The molecule has 4 N–H and O–H groups in total. The first-order valence-corrected chi connectivity index (χ1v) is 20.6. The standard InChI is InChI=1S/C45H55N7O7/c1-44(2,3)38(42(57)51-20-7-8-32(51)24-53)50-43(58)48-19-21-59-26-45(4,5)25-46-23-30-17-18-47-37-33(30)9-6-10-34(37)49-39(54)27-13-15-31(16-14-27)52-40(55)35-28-11-12-29(22-28)36(35)41(52)56/h6,9-18,24,28-29,32,35-36,38,46H,7-8,19-23,25-26H2,1-5H3,(H,49,54)(H2,48,50,58)/t28-,29+,32?,35-,36+,38-/m1/s1. The van der Waals surface area contributed by atoms with E-state index in [-0.39, 0.29) is 65.9 Å². The number of fused-ring (bicyclic) bond motifs is 6. The highest BCUT2D eigenvalue weighted by atomic mass is 16.5. The van der Waals surface area contributed by atoms with E-state index >= 15 is 0 Å². The van der Waals surface area contributed by atoms with Gasteiger partial charge in [0.25, 0.3) is 5.91 Å². The molecule has 4 aliphatic rings. The SMILES string of the molecule is CC(C)(CNCc1ccnc2c(NC(=O)c3ccc(N4C(=O)[C@@H]5[C@H](C4=O)[C@@H]4C=C[C@H]5C4)cc3)cccc12)COCCNC(=O)N[C@H](C(=O)N1CCCC1C=O)C(C)(C)C. The molecule has 1 saturated carbocycles. The number of hydrogen-bond donors (Lipinski definition) is 4. The van der Waals surface area contributed by atoms with Crippen LogP contribution in [0.25, 0.3) is 10.9 Å². The molecule has 2 aliphatic heterocycles. The van der Waals surface area contributed by atoms with Crippen LogP contribution in [0.1, 0.15) is 69.8 Å². The number of imide groups is 1. The molecule has 59 heavy (non-hydrogen) atoms. The van der Waals surface area contributed by atoms with Crippen molar-refractivity contribution in [3.05, 3.63) is 78.0 Å². The smallest absolute Gasteiger partial charge is 0.315 e. The molecule has 0 spiro atoms. The maximum Gasteiger partial charge on any atom is 0.315 e. The van der Waals surface area contributed by atoms with E-state index in [2.05, 4.69) is 52.3 Å². The van der Waals surface area contributed by atoms with Gasteiger partial charge in [-0.1, -0.05) is 58.9 Å². The lowest BCUT2D eigenvalue weighted by Gasteiger charge is -2.34. The van der Waals surface area contributed by atoms with Gasteiger partial charge >= 0.3 is 6.03 Å². The highest BCUT2D eigenvalue weighted by molar-refractivity contribution is 6.23. The van der Waals surface area contributed by atoms with Crippen LogP contribution in [0.2, 0.25) is 0 Å². The molecule has 14 nitrogen and oxygen atoms in total. The first-order chi connectivity index (χ1) is 28.2. The number of allylic oxidation sites excluding steroid dienone is 2. The van der Waals surface area contributed by atoms with Crippen molar-refractivity contribution >= 4 is 58.2 Å². The number of aldehydes is 1. The second-order valence-corrected chi connectivity index (χ2v) is 18.1. The lowest BCUT2D eigenvalue weighted by atomic mass is 9.85. The van der Waals surface area contributed by atoms with E-state index in [4.69, 9.17) is 4.74 Å². The largest absolute Gasteiger partial charge is 0.379 e. The molecule has 1 unspecified atom stereocenters. The summed E-state index contributed by atoms with van der Waals surface area (Å²) in [5.41, 5.74) is 2.31. The van der Waals surface area contributed by atoms with E-state index < -0.39 is 23.5 Å².